The fraction of sp³-hybridized carbons (Fsp3) is 0.643. The van der Waals surface area contributed by atoms with Crippen LogP contribution >= 0.6 is 0 Å². The van der Waals surface area contributed by atoms with Crippen LogP contribution in [0.2, 0.25) is 0 Å². The molecule has 1 saturated carbocycles. The van der Waals surface area contributed by atoms with Gasteiger partial charge in [0.2, 0.25) is 5.91 Å². The van der Waals surface area contributed by atoms with Gasteiger partial charge in [0, 0.05) is 31.3 Å². The van der Waals surface area contributed by atoms with E-state index in [4.69, 9.17) is 5.11 Å². The second-order valence-corrected chi connectivity index (χ2v) is 5.59. The van der Waals surface area contributed by atoms with Crippen LogP contribution in [0.3, 0.4) is 0 Å². The van der Waals surface area contributed by atoms with E-state index in [2.05, 4.69) is 10.3 Å². The molecule has 3 atom stereocenters. The molecule has 0 radical (unpaired) electrons. The van der Waals surface area contributed by atoms with Crippen molar-refractivity contribution in [1.29, 1.82) is 0 Å². The molecular weight excluding hydrogens is 258 g/mol. The summed E-state index contributed by atoms with van der Waals surface area (Å²) >= 11 is 0. The molecule has 1 heterocycles. The highest BCUT2D eigenvalue weighted by molar-refractivity contribution is 5.77. The predicted molar refractivity (Wildman–Crippen MR) is 73.1 cm³/mol. The Labute approximate surface area is 118 Å². The Kier molecular flexibility index (Phi) is 4.76. The molecule has 6 nitrogen and oxygen atoms in total. The van der Waals surface area contributed by atoms with Crippen LogP contribution in [0.4, 0.5) is 0 Å². The number of carboxylic acid groups (broad SMARTS) is 1. The van der Waals surface area contributed by atoms with E-state index in [0.29, 0.717) is 0 Å². The van der Waals surface area contributed by atoms with Crippen LogP contribution in [0.1, 0.15) is 45.1 Å². The van der Waals surface area contributed by atoms with Gasteiger partial charge in [-0.3, -0.25) is 9.59 Å². The number of aromatic nitrogens is 2. The molecule has 0 aliphatic heterocycles. The van der Waals surface area contributed by atoms with Crippen LogP contribution in [0.5, 0.6) is 0 Å². The fourth-order valence-corrected chi connectivity index (χ4v) is 2.88. The summed E-state index contributed by atoms with van der Waals surface area (Å²) in [6, 6.07) is 0.380. The maximum absolute atomic E-state index is 12.0. The summed E-state index contributed by atoms with van der Waals surface area (Å²) in [5, 5.41) is 11.7. The highest BCUT2D eigenvalue weighted by Gasteiger charge is 2.29. The van der Waals surface area contributed by atoms with Gasteiger partial charge in [0.05, 0.1) is 12.4 Å². The van der Waals surface area contributed by atoms with Gasteiger partial charge in [-0.2, -0.15) is 0 Å². The zero-order valence-electron chi connectivity index (χ0n) is 11.7. The summed E-state index contributed by atoms with van der Waals surface area (Å²) in [7, 11) is 0. The molecule has 1 aromatic rings. The van der Waals surface area contributed by atoms with Gasteiger partial charge >= 0.3 is 5.97 Å². The molecule has 0 bridgehead atoms. The van der Waals surface area contributed by atoms with Gasteiger partial charge < -0.3 is 15.0 Å². The summed E-state index contributed by atoms with van der Waals surface area (Å²) in [5.41, 5.74) is 0. The van der Waals surface area contributed by atoms with Gasteiger partial charge in [-0.05, 0) is 25.2 Å². The summed E-state index contributed by atoms with van der Waals surface area (Å²) in [6.07, 6.45) is 8.81. The van der Waals surface area contributed by atoms with Crippen LogP contribution in [0.25, 0.3) is 0 Å². The number of aliphatic carboxylic acids is 1. The normalized spacial score (nSPS) is 23.4. The van der Waals surface area contributed by atoms with Crippen molar-refractivity contribution in [3.63, 3.8) is 0 Å². The van der Waals surface area contributed by atoms with Crippen LogP contribution < -0.4 is 5.32 Å². The first-order valence-electron chi connectivity index (χ1n) is 7.05. The van der Waals surface area contributed by atoms with Crippen LogP contribution in [0.15, 0.2) is 18.7 Å². The Morgan fingerprint density at radius 1 is 1.45 bits per heavy atom. The Morgan fingerprint density at radius 3 is 2.90 bits per heavy atom. The maximum Gasteiger partial charge on any atom is 0.303 e. The topological polar surface area (TPSA) is 84.2 Å². The van der Waals surface area contributed by atoms with Gasteiger partial charge in [-0.1, -0.05) is 6.92 Å². The quantitative estimate of drug-likeness (QED) is 0.828. The van der Waals surface area contributed by atoms with Gasteiger partial charge in [-0.15, -0.1) is 0 Å². The lowest BCUT2D eigenvalue weighted by Gasteiger charge is -2.22. The van der Waals surface area contributed by atoms with E-state index in [9.17, 15) is 9.59 Å². The second-order valence-electron chi connectivity index (χ2n) is 5.59. The summed E-state index contributed by atoms with van der Waals surface area (Å²) in [6.45, 7) is 1.79. The van der Waals surface area contributed by atoms with E-state index in [1.807, 2.05) is 10.8 Å². The first-order valence-corrected chi connectivity index (χ1v) is 7.05. The predicted octanol–water partition coefficient (Wildman–Crippen LogP) is 1.59. The Balaban J connectivity index is 1.86. The number of imidazole rings is 1. The smallest absolute Gasteiger partial charge is 0.303 e. The molecule has 0 aromatic carbocycles. The van der Waals surface area contributed by atoms with Crippen molar-refractivity contribution in [1.82, 2.24) is 14.9 Å². The van der Waals surface area contributed by atoms with Crippen LogP contribution in [0, 0.1) is 5.92 Å². The number of carboxylic acids is 1. The van der Waals surface area contributed by atoms with E-state index >= 15 is 0 Å². The van der Waals surface area contributed by atoms with Crippen molar-refractivity contribution < 1.29 is 14.7 Å². The number of rotatable bonds is 6. The Morgan fingerprint density at radius 2 is 2.25 bits per heavy atom. The highest BCUT2D eigenvalue weighted by Crippen LogP contribution is 2.30. The van der Waals surface area contributed by atoms with E-state index in [1.165, 1.54) is 0 Å². The van der Waals surface area contributed by atoms with Crippen molar-refractivity contribution in [2.75, 3.05) is 0 Å². The van der Waals surface area contributed by atoms with Gasteiger partial charge in [0.15, 0.2) is 0 Å². The molecule has 1 aromatic heterocycles. The molecule has 3 unspecified atom stereocenters. The lowest BCUT2D eigenvalue weighted by atomic mass is 10.0. The molecule has 2 N–H and O–H groups in total. The first-order chi connectivity index (χ1) is 9.56. The number of nitrogens with one attached hydrogen (secondary N) is 1. The molecule has 1 aliphatic carbocycles. The molecule has 0 saturated heterocycles. The number of hydrogen-bond acceptors (Lipinski definition) is 3. The van der Waals surface area contributed by atoms with Crippen LogP contribution in [-0.4, -0.2) is 32.6 Å². The van der Waals surface area contributed by atoms with Crippen molar-refractivity contribution in [3.8, 4) is 0 Å². The Bertz CT molecular complexity index is 458. The second kappa shape index (κ2) is 6.54. The third kappa shape index (κ3) is 3.82. The molecule has 1 amide bonds. The average molecular weight is 279 g/mol. The number of carbonyl (C=O) groups excluding carboxylic acids is 1. The molecule has 0 spiro atoms. The number of amides is 1. The number of carbonyl (C=O) groups is 2. The molecule has 1 fully saturated rings. The van der Waals surface area contributed by atoms with E-state index < -0.39 is 5.97 Å². The lowest BCUT2D eigenvalue weighted by Crippen LogP contribution is -2.38. The highest BCUT2D eigenvalue weighted by atomic mass is 16.4. The lowest BCUT2D eigenvalue weighted by molar-refractivity contribution is -0.138. The standard InChI is InChI=1S/C14H21N3O3/c1-10(8-14(19)20)7-13(18)16-11-3-2-4-12(11)17-6-5-15-9-17/h5-6,9-12H,2-4,7-8H2,1H3,(H,16,18)(H,19,20). The van der Waals surface area contributed by atoms with Crippen molar-refractivity contribution in [3.05, 3.63) is 18.7 Å². The minimum atomic E-state index is -0.859. The van der Waals surface area contributed by atoms with E-state index in [0.717, 1.165) is 19.3 Å². The van der Waals surface area contributed by atoms with E-state index in [-0.39, 0.29) is 36.8 Å². The van der Waals surface area contributed by atoms with Gasteiger partial charge in [0.1, 0.15) is 0 Å². The van der Waals surface area contributed by atoms with Crippen LogP contribution in [-0.2, 0) is 9.59 Å². The Hall–Kier alpha value is -1.85. The molecule has 1 aliphatic rings. The fourth-order valence-electron chi connectivity index (χ4n) is 2.88. The summed E-state index contributed by atoms with van der Waals surface area (Å²) in [4.78, 5) is 26.6. The monoisotopic (exact) mass is 279 g/mol. The van der Waals surface area contributed by atoms with Crippen molar-refractivity contribution in [2.24, 2.45) is 5.92 Å². The molecular formula is C14H21N3O3. The zero-order valence-corrected chi connectivity index (χ0v) is 11.7. The van der Waals surface area contributed by atoms with Gasteiger partial charge in [0.25, 0.3) is 0 Å². The van der Waals surface area contributed by atoms with E-state index in [1.54, 1.807) is 19.4 Å². The zero-order chi connectivity index (χ0) is 14.5. The minimum absolute atomic E-state index is 0.0308. The molecule has 2 rings (SSSR count). The third-order valence-electron chi connectivity index (χ3n) is 3.79. The molecule has 6 heteroatoms. The van der Waals surface area contributed by atoms with Gasteiger partial charge in [-0.25, -0.2) is 4.98 Å². The minimum Gasteiger partial charge on any atom is -0.481 e. The SMILES string of the molecule is CC(CC(=O)O)CC(=O)NC1CCCC1n1ccnc1. The van der Waals surface area contributed by atoms with Crippen molar-refractivity contribution in [2.45, 2.75) is 51.1 Å². The molecule has 20 heavy (non-hydrogen) atoms. The summed E-state index contributed by atoms with van der Waals surface area (Å²) in [5.74, 6) is -1.06. The largest absolute Gasteiger partial charge is 0.481 e. The number of hydrogen-bond donors (Lipinski definition) is 2. The average Bonchev–Trinajstić information content (AvgIpc) is 2.96. The maximum atomic E-state index is 12.0. The van der Waals surface area contributed by atoms with Crippen molar-refractivity contribution >= 4 is 11.9 Å². The molecule has 110 valence electrons. The first kappa shape index (κ1) is 14.6. The third-order valence-corrected chi connectivity index (χ3v) is 3.79. The number of nitrogens with zero attached hydrogens (tertiary/aromatic N) is 2. The summed E-state index contributed by atoms with van der Waals surface area (Å²) < 4.78 is 2.04.